The molecule has 0 bridgehead atoms. The molecule has 0 saturated carbocycles. The van der Waals surface area contributed by atoms with Crippen molar-refractivity contribution >= 4 is 49.2 Å². The van der Waals surface area contributed by atoms with Crippen molar-refractivity contribution < 1.29 is 36.3 Å². The van der Waals surface area contributed by atoms with Crippen LogP contribution >= 0.6 is 15.9 Å². The Bertz CT molecular complexity index is 1340. The summed E-state index contributed by atoms with van der Waals surface area (Å²) < 4.78 is 66.6. The molecular formula is C21H14BrF3N2O5S. The number of carboxylic acids is 1. The molecule has 3 rings (SSSR count). The van der Waals surface area contributed by atoms with Gasteiger partial charge in [0.1, 0.15) is 0 Å². The first-order valence-electron chi connectivity index (χ1n) is 9.02. The van der Waals surface area contributed by atoms with Crippen LogP contribution in [0.1, 0.15) is 26.3 Å². The van der Waals surface area contributed by atoms with Gasteiger partial charge < -0.3 is 10.4 Å². The zero-order valence-corrected chi connectivity index (χ0v) is 18.8. The number of hydrogen-bond acceptors (Lipinski definition) is 4. The summed E-state index contributed by atoms with van der Waals surface area (Å²) in [6.45, 7) is 0. The topological polar surface area (TPSA) is 113 Å². The largest absolute Gasteiger partial charge is 0.478 e. The number of alkyl halides is 3. The van der Waals surface area contributed by atoms with Crippen molar-refractivity contribution in [2.45, 2.75) is 11.1 Å². The maximum Gasteiger partial charge on any atom is 0.416 e. The molecule has 0 aliphatic rings. The molecule has 0 aliphatic heterocycles. The van der Waals surface area contributed by atoms with E-state index in [9.17, 15) is 36.3 Å². The Balaban J connectivity index is 1.89. The molecule has 0 spiro atoms. The van der Waals surface area contributed by atoms with E-state index in [-0.39, 0.29) is 31.9 Å². The van der Waals surface area contributed by atoms with Crippen molar-refractivity contribution in [1.82, 2.24) is 0 Å². The average Bonchev–Trinajstić information content (AvgIpc) is 2.74. The van der Waals surface area contributed by atoms with E-state index < -0.39 is 33.6 Å². The van der Waals surface area contributed by atoms with Gasteiger partial charge in [0.05, 0.1) is 27.4 Å². The van der Waals surface area contributed by atoms with Gasteiger partial charge in [0, 0.05) is 10.0 Å². The highest BCUT2D eigenvalue weighted by molar-refractivity contribution is 9.10. The number of amides is 1. The zero-order chi connectivity index (χ0) is 24.4. The minimum atomic E-state index is -4.68. The van der Waals surface area contributed by atoms with E-state index in [0.29, 0.717) is 6.07 Å². The van der Waals surface area contributed by atoms with Crippen molar-refractivity contribution in [3.63, 3.8) is 0 Å². The summed E-state index contributed by atoms with van der Waals surface area (Å²) in [5.41, 5.74) is -1.65. The Morgan fingerprint density at radius 3 is 2.27 bits per heavy atom. The maximum atomic E-state index is 13.0. The lowest BCUT2D eigenvalue weighted by molar-refractivity contribution is -0.137. The number of benzene rings is 3. The molecule has 12 heteroatoms. The molecule has 0 fully saturated rings. The normalized spacial score (nSPS) is 11.6. The number of para-hydroxylation sites is 1. The Morgan fingerprint density at radius 1 is 0.909 bits per heavy atom. The summed E-state index contributed by atoms with van der Waals surface area (Å²) in [6, 6.07) is 12.9. The number of nitrogens with one attached hydrogen (secondary N) is 2. The standard InChI is InChI=1S/C21H14BrF3N2O5S/c22-16-9-8-13(21(23,24)25)11-18(16)27-33(31,32)14-5-3-4-12(10-14)19(28)26-17-7-2-1-6-15(17)20(29)30/h1-11,27H,(H,26,28)(H,29,30). The van der Waals surface area contributed by atoms with Gasteiger partial charge in [0.2, 0.25) is 0 Å². The van der Waals surface area contributed by atoms with E-state index >= 15 is 0 Å². The quantitative estimate of drug-likeness (QED) is 0.395. The van der Waals surface area contributed by atoms with Crippen LogP contribution < -0.4 is 10.0 Å². The Hall–Kier alpha value is -3.38. The van der Waals surface area contributed by atoms with Gasteiger partial charge in [-0.2, -0.15) is 13.2 Å². The van der Waals surface area contributed by atoms with Gasteiger partial charge in [0.15, 0.2) is 0 Å². The number of aromatic carboxylic acids is 1. The van der Waals surface area contributed by atoms with Gasteiger partial charge in [0.25, 0.3) is 15.9 Å². The third kappa shape index (κ3) is 5.71. The van der Waals surface area contributed by atoms with Crippen LogP contribution in [-0.4, -0.2) is 25.4 Å². The van der Waals surface area contributed by atoms with Crippen LogP contribution in [0.3, 0.4) is 0 Å². The van der Waals surface area contributed by atoms with E-state index in [4.69, 9.17) is 0 Å². The second-order valence-corrected chi connectivity index (χ2v) is 9.17. The second-order valence-electron chi connectivity index (χ2n) is 6.63. The SMILES string of the molecule is O=C(Nc1ccccc1C(=O)O)c1cccc(S(=O)(=O)Nc2cc(C(F)(F)F)ccc2Br)c1. The van der Waals surface area contributed by atoms with Crippen molar-refractivity contribution in [3.8, 4) is 0 Å². The van der Waals surface area contributed by atoms with Crippen molar-refractivity contribution in [2.24, 2.45) is 0 Å². The van der Waals surface area contributed by atoms with Gasteiger partial charge in [-0.25, -0.2) is 13.2 Å². The van der Waals surface area contributed by atoms with Crippen molar-refractivity contribution in [2.75, 3.05) is 10.0 Å². The molecule has 7 nitrogen and oxygen atoms in total. The first kappa shape index (κ1) is 24.3. The van der Waals surface area contributed by atoms with Crippen LogP contribution in [0.2, 0.25) is 0 Å². The number of sulfonamides is 1. The number of rotatable bonds is 6. The van der Waals surface area contributed by atoms with Crippen LogP contribution in [0.25, 0.3) is 0 Å². The Kier molecular flexibility index (Phi) is 6.79. The van der Waals surface area contributed by atoms with Gasteiger partial charge in [-0.1, -0.05) is 18.2 Å². The summed E-state index contributed by atoms with van der Waals surface area (Å²) in [5.74, 6) is -2.04. The molecular weight excluding hydrogens is 529 g/mol. The molecule has 3 aromatic carbocycles. The number of halogens is 4. The molecule has 0 unspecified atom stereocenters. The van der Waals surface area contributed by atoms with Crippen molar-refractivity contribution in [1.29, 1.82) is 0 Å². The minimum absolute atomic E-state index is 0.00859. The van der Waals surface area contributed by atoms with Gasteiger partial charge in [-0.05, 0) is 64.5 Å². The van der Waals surface area contributed by atoms with E-state index in [0.717, 1.165) is 24.3 Å². The third-order valence-corrected chi connectivity index (χ3v) is 6.40. The predicted molar refractivity (Wildman–Crippen MR) is 118 cm³/mol. The number of carbonyl (C=O) groups is 2. The Morgan fingerprint density at radius 2 is 1.61 bits per heavy atom. The van der Waals surface area contributed by atoms with Crippen LogP contribution in [-0.2, 0) is 16.2 Å². The maximum absolute atomic E-state index is 13.0. The molecule has 0 atom stereocenters. The third-order valence-electron chi connectivity index (χ3n) is 4.35. The number of anilines is 2. The van der Waals surface area contributed by atoms with Gasteiger partial charge in [-0.15, -0.1) is 0 Å². The highest BCUT2D eigenvalue weighted by Gasteiger charge is 2.31. The lowest BCUT2D eigenvalue weighted by Crippen LogP contribution is -2.17. The summed E-state index contributed by atoms with van der Waals surface area (Å²) in [4.78, 5) is 23.5. The molecule has 172 valence electrons. The average molecular weight is 543 g/mol. The molecule has 0 radical (unpaired) electrons. The first-order valence-corrected chi connectivity index (χ1v) is 11.3. The smallest absolute Gasteiger partial charge is 0.416 e. The van der Waals surface area contributed by atoms with Crippen LogP contribution in [0, 0.1) is 0 Å². The molecule has 0 heterocycles. The fraction of sp³-hybridized carbons (Fsp3) is 0.0476. The molecule has 0 aromatic heterocycles. The number of hydrogen-bond donors (Lipinski definition) is 3. The van der Waals surface area contributed by atoms with E-state index in [1.54, 1.807) is 0 Å². The van der Waals surface area contributed by atoms with Crippen molar-refractivity contribution in [3.05, 3.63) is 87.9 Å². The molecule has 3 aromatic rings. The highest BCUT2D eigenvalue weighted by Crippen LogP contribution is 2.34. The predicted octanol–water partition coefficient (Wildman–Crippen LogP) is 5.22. The van der Waals surface area contributed by atoms with Gasteiger partial charge in [-0.3, -0.25) is 9.52 Å². The van der Waals surface area contributed by atoms with E-state index in [2.05, 4.69) is 26.0 Å². The summed E-state index contributed by atoms with van der Waals surface area (Å²) >= 11 is 3.01. The first-order chi connectivity index (χ1) is 15.4. The van der Waals surface area contributed by atoms with Crippen LogP contribution in [0.5, 0.6) is 0 Å². The van der Waals surface area contributed by atoms with Gasteiger partial charge >= 0.3 is 12.1 Å². The Labute approximate surface area is 194 Å². The number of carbonyl (C=O) groups excluding carboxylic acids is 1. The lowest BCUT2D eigenvalue weighted by Gasteiger charge is -2.14. The zero-order valence-electron chi connectivity index (χ0n) is 16.4. The van der Waals surface area contributed by atoms with Crippen LogP contribution in [0.15, 0.2) is 76.1 Å². The molecule has 33 heavy (non-hydrogen) atoms. The van der Waals surface area contributed by atoms with E-state index in [1.807, 2.05) is 0 Å². The summed E-state index contributed by atoms with van der Waals surface area (Å²) in [5, 5.41) is 11.6. The molecule has 0 aliphatic carbocycles. The lowest BCUT2D eigenvalue weighted by atomic mass is 10.1. The van der Waals surface area contributed by atoms with E-state index in [1.165, 1.54) is 36.4 Å². The highest BCUT2D eigenvalue weighted by atomic mass is 79.9. The minimum Gasteiger partial charge on any atom is -0.478 e. The molecule has 3 N–H and O–H groups in total. The monoisotopic (exact) mass is 542 g/mol. The fourth-order valence-electron chi connectivity index (χ4n) is 2.76. The second kappa shape index (κ2) is 9.24. The fourth-order valence-corrected chi connectivity index (χ4v) is 4.35. The molecule has 1 amide bonds. The summed E-state index contributed by atoms with van der Waals surface area (Å²) in [7, 11) is -4.37. The number of carboxylic acid groups (broad SMARTS) is 1. The molecule has 0 saturated heterocycles. The van der Waals surface area contributed by atoms with Crippen LogP contribution in [0.4, 0.5) is 24.5 Å². The summed E-state index contributed by atoms with van der Waals surface area (Å²) in [6.07, 6.45) is -4.68.